The van der Waals surface area contributed by atoms with Crippen molar-refractivity contribution in [2.75, 3.05) is 53.6 Å². The molecule has 2 atom stereocenters. The molecule has 4 aliphatic rings. The van der Waals surface area contributed by atoms with Crippen LogP contribution < -0.4 is 24.8 Å². The normalized spacial score (nSPS) is 20.0. The summed E-state index contributed by atoms with van der Waals surface area (Å²) in [6.45, 7) is 9.07. The Morgan fingerprint density at radius 3 is 2.19 bits per heavy atom. The molecule has 4 aromatic rings. The summed E-state index contributed by atoms with van der Waals surface area (Å²) in [5.74, 6) is 1.94. The standard InChI is InChI=1S/C40H42Cl2N6O5/c1-22-13-30(45-38(51-3)29(22)16-47-18-40(19-47)20-48(21-40)23(2)49)27-9-5-7-25(36(27)41)26-8-6-10-28(37(26)42)31-14-33-35(39(46-31)52-4)32(17-53-33)43-15-24-11-12-34(50)44-24/h5-10,13-14,24,32,43H,11-12,15-21H2,1-4H3,(H,44,50)/t24-,32+/m0/s1. The smallest absolute Gasteiger partial charge is 0.222 e. The zero-order valence-electron chi connectivity index (χ0n) is 30.2. The second-order valence-corrected chi connectivity index (χ2v) is 15.4. The topological polar surface area (TPSA) is 118 Å². The molecule has 2 aromatic heterocycles. The number of nitrogens with one attached hydrogen (secondary N) is 2. The molecule has 53 heavy (non-hydrogen) atoms. The van der Waals surface area contributed by atoms with Gasteiger partial charge in [0, 0.05) is 98.0 Å². The Morgan fingerprint density at radius 2 is 1.58 bits per heavy atom. The van der Waals surface area contributed by atoms with E-state index in [1.54, 1.807) is 21.1 Å². The second-order valence-electron chi connectivity index (χ2n) is 14.7. The Balaban J connectivity index is 1.04. The molecule has 0 aliphatic carbocycles. The highest BCUT2D eigenvalue weighted by Gasteiger charge is 2.52. The number of ether oxygens (including phenoxy) is 3. The van der Waals surface area contributed by atoms with Crippen LogP contribution in [0.2, 0.25) is 10.0 Å². The van der Waals surface area contributed by atoms with Crippen molar-refractivity contribution in [3.63, 3.8) is 0 Å². The number of aromatic nitrogens is 2. The molecule has 13 heteroatoms. The minimum Gasteiger partial charge on any atom is -0.491 e. The highest BCUT2D eigenvalue weighted by atomic mass is 35.5. The highest BCUT2D eigenvalue weighted by molar-refractivity contribution is 6.39. The summed E-state index contributed by atoms with van der Waals surface area (Å²) in [5.41, 5.74) is 7.49. The van der Waals surface area contributed by atoms with E-state index in [4.69, 9.17) is 47.4 Å². The lowest BCUT2D eigenvalue weighted by Gasteiger charge is -2.60. The molecule has 2 amide bonds. The van der Waals surface area contributed by atoms with Gasteiger partial charge in [0.2, 0.25) is 23.6 Å². The van der Waals surface area contributed by atoms with Gasteiger partial charge in [-0.2, -0.15) is 0 Å². The molecule has 0 unspecified atom stereocenters. The molecule has 0 saturated carbocycles. The van der Waals surface area contributed by atoms with Crippen LogP contribution in [0.4, 0.5) is 0 Å². The minimum atomic E-state index is -0.123. The predicted octanol–water partition coefficient (Wildman–Crippen LogP) is 6.08. The summed E-state index contributed by atoms with van der Waals surface area (Å²) in [7, 11) is 3.24. The van der Waals surface area contributed by atoms with Gasteiger partial charge in [0.25, 0.3) is 0 Å². The number of likely N-dealkylation sites (tertiary alicyclic amines) is 2. The lowest BCUT2D eigenvalue weighted by atomic mass is 9.72. The van der Waals surface area contributed by atoms with Crippen LogP contribution >= 0.6 is 23.2 Å². The quantitative estimate of drug-likeness (QED) is 0.199. The summed E-state index contributed by atoms with van der Waals surface area (Å²) in [4.78, 5) is 37.5. The van der Waals surface area contributed by atoms with Gasteiger partial charge in [-0.05, 0) is 25.0 Å². The number of hydrogen-bond acceptors (Lipinski definition) is 9. The van der Waals surface area contributed by atoms with Crippen LogP contribution in [-0.4, -0.2) is 91.2 Å². The van der Waals surface area contributed by atoms with Crippen LogP contribution in [0.1, 0.15) is 42.5 Å². The largest absolute Gasteiger partial charge is 0.491 e. The van der Waals surface area contributed by atoms with Gasteiger partial charge in [0.05, 0.1) is 47.3 Å². The van der Waals surface area contributed by atoms with Crippen molar-refractivity contribution in [1.82, 2.24) is 30.4 Å². The average molecular weight is 758 g/mol. The Labute approximate surface area is 318 Å². The lowest BCUT2D eigenvalue weighted by molar-refractivity contribution is -0.157. The fraction of sp³-hybridized carbons (Fsp3) is 0.400. The number of halogens is 2. The van der Waals surface area contributed by atoms with Crippen LogP contribution in [0.25, 0.3) is 33.6 Å². The molecule has 0 bridgehead atoms. The number of benzene rings is 2. The van der Waals surface area contributed by atoms with Crippen molar-refractivity contribution in [1.29, 1.82) is 0 Å². The number of carbonyl (C=O) groups is 2. The number of hydrogen-bond donors (Lipinski definition) is 2. The zero-order chi connectivity index (χ0) is 37.0. The molecular weight excluding hydrogens is 715 g/mol. The van der Waals surface area contributed by atoms with Crippen molar-refractivity contribution in [2.45, 2.75) is 45.3 Å². The number of aryl methyl sites for hydroxylation is 1. The molecule has 276 valence electrons. The van der Waals surface area contributed by atoms with Crippen molar-refractivity contribution >= 4 is 35.0 Å². The van der Waals surface area contributed by atoms with Crippen LogP contribution in [-0.2, 0) is 16.1 Å². The molecule has 1 spiro atoms. The Hall–Kier alpha value is -4.42. The Kier molecular flexibility index (Phi) is 9.47. The third-order valence-corrected chi connectivity index (χ3v) is 11.8. The van der Waals surface area contributed by atoms with Crippen molar-refractivity contribution in [3.05, 3.63) is 75.3 Å². The van der Waals surface area contributed by atoms with Gasteiger partial charge in [0.1, 0.15) is 12.4 Å². The number of fused-ring (bicyclic) bond motifs is 1. The van der Waals surface area contributed by atoms with Crippen LogP contribution in [0.3, 0.4) is 0 Å². The van der Waals surface area contributed by atoms with Gasteiger partial charge in [-0.25, -0.2) is 9.97 Å². The first kappa shape index (κ1) is 35.6. The van der Waals surface area contributed by atoms with E-state index in [1.165, 1.54) is 0 Å². The molecule has 3 saturated heterocycles. The molecule has 11 nitrogen and oxygen atoms in total. The van der Waals surface area contributed by atoms with Crippen molar-refractivity contribution in [2.24, 2.45) is 5.41 Å². The molecule has 8 rings (SSSR count). The van der Waals surface area contributed by atoms with Crippen LogP contribution in [0.15, 0.2) is 48.5 Å². The van der Waals surface area contributed by atoms with E-state index >= 15 is 0 Å². The number of methoxy groups -OCH3 is 2. The van der Waals surface area contributed by atoms with E-state index in [0.717, 1.165) is 72.5 Å². The number of rotatable bonds is 10. The number of nitrogens with zero attached hydrogens (tertiary/aromatic N) is 4. The van der Waals surface area contributed by atoms with Crippen molar-refractivity contribution < 1.29 is 23.8 Å². The van der Waals surface area contributed by atoms with Crippen LogP contribution in [0.5, 0.6) is 17.5 Å². The third-order valence-electron chi connectivity index (χ3n) is 11.0. The lowest BCUT2D eigenvalue weighted by Crippen LogP contribution is -2.72. The summed E-state index contributed by atoms with van der Waals surface area (Å²) >= 11 is 14.4. The first-order valence-electron chi connectivity index (χ1n) is 17.9. The van der Waals surface area contributed by atoms with E-state index < -0.39 is 0 Å². The molecule has 6 heterocycles. The first-order chi connectivity index (χ1) is 25.6. The monoisotopic (exact) mass is 756 g/mol. The van der Waals surface area contributed by atoms with Gasteiger partial charge in [-0.1, -0.05) is 59.6 Å². The van der Waals surface area contributed by atoms with E-state index in [-0.39, 0.29) is 29.3 Å². The molecule has 2 aromatic carbocycles. The maximum atomic E-state index is 11.7. The number of carbonyl (C=O) groups excluding carboxylic acids is 2. The predicted molar refractivity (Wildman–Crippen MR) is 204 cm³/mol. The maximum Gasteiger partial charge on any atom is 0.222 e. The molecule has 0 radical (unpaired) electrons. The van der Waals surface area contributed by atoms with Crippen LogP contribution in [0, 0.1) is 12.3 Å². The van der Waals surface area contributed by atoms with Gasteiger partial charge >= 0.3 is 0 Å². The summed E-state index contributed by atoms with van der Waals surface area (Å²) < 4.78 is 17.7. The van der Waals surface area contributed by atoms with E-state index in [1.807, 2.05) is 47.4 Å². The number of pyridine rings is 2. The first-order valence-corrected chi connectivity index (χ1v) is 18.7. The van der Waals surface area contributed by atoms with E-state index in [2.05, 4.69) is 28.5 Å². The van der Waals surface area contributed by atoms with E-state index in [0.29, 0.717) is 64.1 Å². The van der Waals surface area contributed by atoms with Gasteiger partial charge < -0.3 is 29.7 Å². The fourth-order valence-corrected chi connectivity index (χ4v) is 8.89. The minimum absolute atomic E-state index is 0.0854. The zero-order valence-corrected chi connectivity index (χ0v) is 31.7. The van der Waals surface area contributed by atoms with Gasteiger partial charge in [-0.3, -0.25) is 14.5 Å². The fourth-order valence-electron chi connectivity index (χ4n) is 8.24. The summed E-state index contributed by atoms with van der Waals surface area (Å²) in [6, 6.07) is 15.6. The number of amides is 2. The van der Waals surface area contributed by atoms with E-state index in [9.17, 15) is 9.59 Å². The van der Waals surface area contributed by atoms with Gasteiger partial charge in [0.15, 0.2) is 0 Å². The molecule has 2 N–H and O–H groups in total. The van der Waals surface area contributed by atoms with Gasteiger partial charge in [-0.15, -0.1) is 0 Å². The second kappa shape index (κ2) is 14.1. The molecular formula is C40H42Cl2N6O5. The SMILES string of the molecule is COc1nc(-c2cccc(-c3cccc(-c4cc5c(c(OC)n4)[C@H](NC[C@@H]4CCC(=O)N4)CO5)c3Cl)c2Cl)cc(C)c1CN1CC2(C1)CN(C(C)=O)C2. The molecule has 4 aliphatic heterocycles. The van der Waals surface area contributed by atoms with Crippen molar-refractivity contribution in [3.8, 4) is 51.2 Å². The third kappa shape index (κ3) is 6.58. The average Bonchev–Trinajstić information content (AvgIpc) is 3.73. The Morgan fingerprint density at radius 1 is 0.962 bits per heavy atom. The highest BCUT2D eigenvalue weighted by Crippen LogP contribution is 2.46. The summed E-state index contributed by atoms with van der Waals surface area (Å²) in [5, 5.41) is 7.53. The molecule has 3 fully saturated rings. The Bertz CT molecular complexity index is 2110. The summed E-state index contributed by atoms with van der Waals surface area (Å²) in [6.07, 6.45) is 1.36. The maximum absolute atomic E-state index is 11.7.